The molecule has 0 saturated carbocycles. The van der Waals surface area contributed by atoms with E-state index >= 15 is 0 Å². The average molecular weight is 912 g/mol. The molecule has 0 aromatic heterocycles. The normalized spacial score (nSPS) is 24.0. The third-order valence-corrected chi connectivity index (χ3v) is 22.7. The molecule has 0 atom stereocenters. The molecule has 0 spiro atoms. The van der Waals surface area contributed by atoms with Crippen LogP contribution in [-0.4, -0.2) is 102 Å². The summed E-state index contributed by atoms with van der Waals surface area (Å²) in [6.45, 7) is 7.39. The van der Waals surface area contributed by atoms with Crippen LogP contribution in [0.15, 0.2) is 0 Å². The maximum absolute atomic E-state index is 11.1. The zero-order valence-corrected chi connectivity index (χ0v) is 45.6. The van der Waals surface area contributed by atoms with Gasteiger partial charge < -0.3 is 59.3 Å². The van der Waals surface area contributed by atoms with Gasteiger partial charge >= 0.3 is 108 Å². The molecule has 0 aromatic carbocycles. The Morgan fingerprint density at radius 2 is 0.466 bits per heavy atom. The second-order valence-electron chi connectivity index (χ2n) is 16.6. The Kier molecular flexibility index (Phi) is 45.2. The van der Waals surface area contributed by atoms with E-state index in [1.807, 2.05) is 0 Å². The van der Waals surface area contributed by atoms with Crippen molar-refractivity contribution in [1.82, 2.24) is 0 Å². The first-order valence-electron chi connectivity index (χ1n) is 22.2. The van der Waals surface area contributed by atoms with Gasteiger partial charge in [0.05, 0.1) is 27.2 Å². The van der Waals surface area contributed by atoms with Crippen molar-refractivity contribution in [3.05, 3.63) is 0 Å². The Morgan fingerprint density at radius 1 is 0.328 bits per heavy atom. The minimum Gasteiger partial charge on any atom is -0.870 e. The van der Waals surface area contributed by atoms with Gasteiger partial charge in [0, 0.05) is 0 Å². The molecule has 0 aromatic rings. The van der Waals surface area contributed by atoms with E-state index in [0.29, 0.717) is 0 Å². The molecule has 0 unspecified atom stereocenters. The molecule has 6 fully saturated rings. The van der Waals surface area contributed by atoms with Gasteiger partial charge in [-0.3, -0.25) is 0 Å². The molecular formula is C38H82LiMgNNaO12Si4-. The van der Waals surface area contributed by atoms with Gasteiger partial charge in [-0.2, -0.15) is 0 Å². The van der Waals surface area contributed by atoms with Crippen molar-refractivity contribution >= 4 is 59.2 Å². The maximum atomic E-state index is 11.1. The fraction of sp³-hybridized carbons (Fsp3) is 1.00. The Morgan fingerprint density at radius 3 is 0.621 bits per heavy atom. The SMILES string of the molecule is CCCCCCCCCCCCCCCCCC[N+](C)(C)CCCCCCCCCCCCCCCCCC.[Li+].[Mg+2].[Na+].[O-][Si]12O[Si]([O-])(O1)O[Si]1([O-])O[Si]([O-])(O1)O2.[OH-].[OH-]. The van der Waals surface area contributed by atoms with Crippen LogP contribution in [0.5, 0.6) is 0 Å². The molecule has 58 heavy (non-hydrogen) atoms. The van der Waals surface area contributed by atoms with Gasteiger partial charge in [-0.15, -0.1) is 0 Å². The number of unbranched alkanes of at least 4 members (excludes halogenated alkanes) is 30. The Labute approximate surface area is 409 Å². The molecule has 20 heteroatoms. The van der Waals surface area contributed by atoms with Gasteiger partial charge in [-0.05, 0) is 25.7 Å². The molecule has 332 valence electrons. The summed E-state index contributed by atoms with van der Waals surface area (Å²) >= 11 is 0. The van der Waals surface area contributed by atoms with Gasteiger partial charge in [-0.25, -0.2) is 0 Å². The number of quaternary nitrogens is 1. The van der Waals surface area contributed by atoms with Gasteiger partial charge in [0.15, 0.2) is 0 Å². The van der Waals surface area contributed by atoms with E-state index < -0.39 is 36.2 Å². The van der Waals surface area contributed by atoms with Crippen LogP contribution in [0.4, 0.5) is 0 Å². The van der Waals surface area contributed by atoms with Crippen LogP contribution < -0.4 is 67.6 Å². The Hall–Kier alpha value is 2.71. The van der Waals surface area contributed by atoms with Crippen molar-refractivity contribution < 1.29 is 108 Å². The van der Waals surface area contributed by atoms with Crippen molar-refractivity contribution in [1.29, 1.82) is 0 Å². The van der Waals surface area contributed by atoms with E-state index in [2.05, 4.69) is 52.6 Å². The topological polar surface area (TPSA) is 208 Å². The van der Waals surface area contributed by atoms with Gasteiger partial charge in [0.25, 0.3) is 0 Å². The molecule has 6 saturated heterocycles. The van der Waals surface area contributed by atoms with E-state index in [4.69, 9.17) is 0 Å². The standard InChI is InChI=1S/C38H80N.Li.Mg.Na.O10Si4.2H2O/c1-5-7-9-11-13-15-17-19-21-23-25-27-29-31-33-35-37-39(3,4)38-36-34-32-30-28-26-24-22-20-18-16-14-12-10-8-6-2;;;;1-11-5-12(2,6-11)10-14(4)7-13(3,8-14)9-11;;/h5-38H2,1-4H3;;;;;2*1H2/q2*+1;+2;+1;-4;;/p-2. The molecule has 4 bridgehead atoms. The van der Waals surface area contributed by atoms with E-state index in [1.54, 1.807) is 0 Å². The molecular weight excluding hydrogens is 829 g/mol. The monoisotopic (exact) mass is 910 g/mol. The third kappa shape index (κ3) is 33.2. The predicted octanol–water partition coefficient (Wildman–Crippen LogP) is 0.170. The molecule has 6 rings (SSSR count). The van der Waals surface area contributed by atoms with Crippen molar-refractivity contribution in [2.45, 2.75) is 219 Å². The van der Waals surface area contributed by atoms with Crippen LogP contribution in [0.2, 0.25) is 0 Å². The summed E-state index contributed by atoms with van der Waals surface area (Å²) in [6, 6.07) is 0. The first kappa shape index (κ1) is 67.3. The predicted molar refractivity (Wildman–Crippen MR) is 220 cm³/mol. The number of hydrogen-bond donors (Lipinski definition) is 0. The number of rotatable bonds is 34. The third-order valence-electron chi connectivity index (χ3n) is 10.7. The Balaban J connectivity index is -0.000000638. The Bertz CT molecular complexity index is 831. The average Bonchev–Trinajstić information content (AvgIpc) is 3.06. The van der Waals surface area contributed by atoms with Crippen molar-refractivity contribution in [2.75, 3.05) is 27.2 Å². The second-order valence-corrected chi connectivity index (χ2v) is 25.5. The van der Waals surface area contributed by atoms with Gasteiger partial charge in [0.1, 0.15) is 0 Å². The molecule has 0 radical (unpaired) electrons. The molecule has 6 aliphatic rings. The van der Waals surface area contributed by atoms with Crippen LogP contribution >= 0.6 is 0 Å². The minimum absolute atomic E-state index is 0. The second kappa shape index (κ2) is 38.9. The van der Waals surface area contributed by atoms with E-state index in [0.717, 1.165) is 0 Å². The number of nitrogens with zero attached hydrogens (tertiary/aromatic N) is 1. The smallest absolute Gasteiger partial charge is 0.870 e. The van der Waals surface area contributed by atoms with E-state index in [1.165, 1.54) is 223 Å². The van der Waals surface area contributed by atoms with Crippen LogP contribution in [-0.2, 0) is 24.7 Å². The molecule has 6 aliphatic heterocycles. The quantitative estimate of drug-likeness (QED) is 0.0482. The molecule has 6 heterocycles. The van der Waals surface area contributed by atoms with Crippen LogP contribution in [0.25, 0.3) is 0 Å². The molecule has 0 aliphatic carbocycles. The van der Waals surface area contributed by atoms with Crippen LogP contribution in [0, 0.1) is 0 Å². The van der Waals surface area contributed by atoms with Crippen molar-refractivity contribution in [2.24, 2.45) is 0 Å². The summed E-state index contributed by atoms with van der Waals surface area (Å²) in [7, 11) is -13.0. The summed E-state index contributed by atoms with van der Waals surface area (Å²) in [5.41, 5.74) is 0. The fourth-order valence-corrected chi connectivity index (χ4v) is 19.2. The van der Waals surface area contributed by atoms with Crippen molar-refractivity contribution in [3.8, 4) is 0 Å². The van der Waals surface area contributed by atoms with Gasteiger partial charge in [0.2, 0.25) is 0 Å². The molecule has 13 nitrogen and oxygen atoms in total. The zero-order valence-electron chi connectivity index (χ0n) is 38.2. The van der Waals surface area contributed by atoms with Crippen LogP contribution in [0.1, 0.15) is 219 Å². The molecule has 2 N–H and O–H groups in total. The summed E-state index contributed by atoms with van der Waals surface area (Å²) in [5, 5.41) is 0. The van der Waals surface area contributed by atoms with Gasteiger partial charge in [-0.1, -0.05) is 194 Å². The molecule has 0 amide bonds. The summed E-state index contributed by atoms with van der Waals surface area (Å²) < 4.78 is 26.4. The fourth-order valence-electron chi connectivity index (χ4n) is 7.39. The zero-order chi connectivity index (χ0) is 38.8. The summed E-state index contributed by atoms with van der Waals surface area (Å²) in [4.78, 5) is 44.5. The maximum Gasteiger partial charge on any atom is 2.00 e. The number of hydrogen-bond acceptors (Lipinski definition) is 12. The van der Waals surface area contributed by atoms with E-state index in [-0.39, 0.29) is 82.4 Å². The van der Waals surface area contributed by atoms with Crippen molar-refractivity contribution in [3.63, 3.8) is 0 Å². The largest absolute Gasteiger partial charge is 2.00 e. The summed E-state index contributed by atoms with van der Waals surface area (Å²) in [5.74, 6) is 0. The first-order valence-corrected chi connectivity index (χ1v) is 28.7. The summed E-state index contributed by atoms with van der Waals surface area (Å²) in [6.07, 6.45) is 46.9. The van der Waals surface area contributed by atoms with Crippen LogP contribution in [0.3, 0.4) is 0 Å². The minimum atomic E-state index is -4.48. The first-order chi connectivity index (χ1) is 25.4. The van der Waals surface area contributed by atoms with E-state index in [9.17, 15) is 19.2 Å².